The Kier molecular flexibility index (Phi) is 3.76. The maximum Gasteiger partial charge on any atom is 0.273 e. The zero-order chi connectivity index (χ0) is 14.0. The number of hydrogen-bond donors (Lipinski definition) is 2. The number of carbonyl (C=O) groups excluding carboxylic acids is 1. The largest absolute Gasteiger partial charge is 0.445 e. The zero-order valence-corrected chi connectivity index (χ0v) is 11.4. The van der Waals surface area contributed by atoms with Crippen LogP contribution in [0.5, 0.6) is 0 Å². The SMILES string of the molecule is O=C(NCC1(O)CCCC1)c1ncoc1C1CCCO1. The zero-order valence-electron chi connectivity index (χ0n) is 11.4. The van der Waals surface area contributed by atoms with Crippen LogP contribution in [0.1, 0.15) is 60.9 Å². The highest BCUT2D eigenvalue weighted by Gasteiger charge is 2.33. The van der Waals surface area contributed by atoms with Crippen LogP contribution in [0.15, 0.2) is 10.8 Å². The third kappa shape index (κ3) is 2.71. The van der Waals surface area contributed by atoms with Crippen LogP contribution in [-0.4, -0.2) is 34.8 Å². The lowest BCUT2D eigenvalue weighted by Crippen LogP contribution is -2.41. The third-order valence-electron chi connectivity index (χ3n) is 4.14. The van der Waals surface area contributed by atoms with Crippen molar-refractivity contribution in [2.24, 2.45) is 0 Å². The molecule has 1 atom stereocenters. The number of carbonyl (C=O) groups is 1. The van der Waals surface area contributed by atoms with E-state index in [1.165, 1.54) is 6.39 Å². The van der Waals surface area contributed by atoms with E-state index in [0.29, 0.717) is 12.4 Å². The number of oxazole rings is 1. The van der Waals surface area contributed by atoms with Gasteiger partial charge in [-0.1, -0.05) is 12.8 Å². The Morgan fingerprint density at radius 1 is 1.45 bits per heavy atom. The Labute approximate surface area is 117 Å². The molecule has 1 unspecified atom stereocenters. The van der Waals surface area contributed by atoms with Crippen molar-refractivity contribution in [1.82, 2.24) is 10.3 Å². The predicted octanol–water partition coefficient (Wildman–Crippen LogP) is 1.56. The Morgan fingerprint density at radius 2 is 2.25 bits per heavy atom. The van der Waals surface area contributed by atoms with Gasteiger partial charge in [0.15, 0.2) is 17.8 Å². The number of ether oxygens (including phenoxy) is 1. The highest BCUT2D eigenvalue weighted by Crippen LogP contribution is 2.31. The monoisotopic (exact) mass is 280 g/mol. The lowest BCUT2D eigenvalue weighted by Gasteiger charge is -2.22. The minimum absolute atomic E-state index is 0.173. The van der Waals surface area contributed by atoms with Gasteiger partial charge in [0.05, 0.1) is 5.60 Å². The van der Waals surface area contributed by atoms with Crippen molar-refractivity contribution in [3.05, 3.63) is 17.8 Å². The summed E-state index contributed by atoms with van der Waals surface area (Å²) in [5.74, 6) is 0.197. The highest BCUT2D eigenvalue weighted by atomic mass is 16.5. The van der Waals surface area contributed by atoms with Gasteiger partial charge in [-0.25, -0.2) is 4.98 Å². The van der Waals surface area contributed by atoms with Gasteiger partial charge in [0.1, 0.15) is 6.10 Å². The van der Waals surface area contributed by atoms with Crippen molar-refractivity contribution in [3.63, 3.8) is 0 Å². The topological polar surface area (TPSA) is 84.6 Å². The first-order valence-corrected chi connectivity index (χ1v) is 7.23. The fourth-order valence-electron chi connectivity index (χ4n) is 2.98. The number of hydrogen-bond acceptors (Lipinski definition) is 5. The second-order valence-electron chi connectivity index (χ2n) is 5.68. The molecule has 0 spiro atoms. The van der Waals surface area contributed by atoms with Gasteiger partial charge in [-0.2, -0.15) is 0 Å². The molecule has 2 N–H and O–H groups in total. The molecule has 1 amide bonds. The normalized spacial score (nSPS) is 24.9. The minimum atomic E-state index is -0.760. The Balaban J connectivity index is 1.63. The van der Waals surface area contributed by atoms with E-state index in [-0.39, 0.29) is 24.2 Å². The smallest absolute Gasteiger partial charge is 0.273 e. The van der Waals surface area contributed by atoms with Crippen LogP contribution in [0.4, 0.5) is 0 Å². The second kappa shape index (κ2) is 5.54. The molecule has 110 valence electrons. The quantitative estimate of drug-likeness (QED) is 0.874. The summed E-state index contributed by atoms with van der Waals surface area (Å²) < 4.78 is 10.8. The van der Waals surface area contributed by atoms with Crippen LogP contribution in [0, 0.1) is 0 Å². The number of aromatic nitrogens is 1. The molecule has 1 saturated heterocycles. The molecule has 3 rings (SSSR count). The average Bonchev–Trinajstić information content (AvgIpc) is 3.16. The van der Waals surface area contributed by atoms with Crippen molar-refractivity contribution in [3.8, 4) is 0 Å². The standard InChI is InChI=1S/C14H20N2O4/c17-13(15-8-14(18)5-1-2-6-14)11-12(20-9-16-11)10-4-3-7-19-10/h9-10,18H,1-8H2,(H,15,17). The van der Waals surface area contributed by atoms with E-state index in [4.69, 9.17) is 9.15 Å². The van der Waals surface area contributed by atoms with Crippen molar-refractivity contribution >= 4 is 5.91 Å². The molecule has 1 aromatic rings. The first-order valence-electron chi connectivity index (χ1n) is 7.23. The van der Waals surface area contributed by atoms with E-state index in [0.717, 1.165) is 38.5 Å². The van der Waals surface area contributed by atoms with Crippen molar-refractivity contribution in [2.75, 3.05) is 13.2 Å². The van der Waals surface area contributed by atoms with Crippen molar-refractivity contribution in [2.45, 2.75) is 50.2 Å². The number of rotatable bonds is 4. The van der Waals surface area contributed by atoms with E-state index in [2.05, 4.69) is 10.3 Å². The summed E-state index contributed by atoms with van der Waals surface area (Å²) in [5.41, 5.74) is -0.484. The van der Waals surface area contributed by atoms with E-state index in [1.807, 2.05) is 0 Å². The van der Waals surface area contributed by atoms with E-state index in [1.54, 1.807) is 0 Å². The van der Waals surface area contributed by atoms with Crippen LogP contribution in [-0.2, 0) is 4.74 Å². The number of aliphatic hydroxyl groups is 1. The molecular formula is C14H20N2O4. The average molecular weight is 280 g/mol. The molecule has 0 aromatic carbocycles. The van der Waals surface area contributed by atoms with Gasteiger partial charge in [-0.15, -0.1) is 0 Å². The van der Waals surface area contributed by atoms with Crippen molar-refractivity contribution in [1.29, 1.82) is 0 Å². The van der Waals surface area contributed by atoms with Gasteiger partial charge in [-0.05, 0) is 25.7 Å². The van der Waals surface area contributed by atoms with Crippen LogP contribution in [0.2, 0.25) is 0 Å². The molecule has 1 aliphatic heterocycles. The molecule has 6 nitrogen and oxygen atoms in total. The summed E-state index contributed by atoms with van der Waals surface area (Å²) in [6.45, 7) is 0.954. The molecule has 1 saturated carbocycles. The van der Waals surface area contributed by atoms with E-state index >= 15 is 0 Å². The first kappa shape index (κ1) is 13.6. The van der Waals surface area contributed by atoms with Gasteiger partial charge < -0.3 is 19.6 Å². The van der Waals surface area contributed by atoms with Gasteiger partial charge in [-0.3, -0.25) is 4.79 Å². The fourth-order valence-corrected chi connectivity index (χ4v) is 2.98. The molecule has 0 bridgehead atoms. The van der Waals surface area contributed by atoms with Crippen LogP contribution in [0.3, 0.4) is 0 Å². The molecule has 2 heterocycles. The molecular weight excluding hydrogens is 260 g/mol. The lowest BCUT2D eigenvalue weighted by atomic mass is 10.0. The van der Waals surface area contributed by atoms with Gasteiger partial charge in [0, 0.05) is 13.2 Å². The Bertz CT molecular complexity index is 473. The molecule has 20 heavy (non-hydrogen) atoms. The third-order valence-corrected chi connectivity index (χ3v) is 4.14. The second-order valence-corrected chi connectivity index (χ2v) is 5.68. The Hall–Kier alpha value is -1.40. The van der Waals surface area contributed by atoms with Crippen LogP contribution >= 0.6 is 0 Å². The molecule has 1 aliphatic carbocycles. The van der Waals surface area contributed by atoms with Gasteiger partial charge in [0.25, 0.3) is 5.91 Å². The van der Waals surface area contributed by atoms with Crippen LogP contribution < -0.4 is 5.32 Å². The summed E-state index contributed by atoms with van der Waals surface area (Å²) >= 11 is 0. The predicted molar refractivity (Wildman–Crippen MR) is 70.2 cm³/mol. The Morgan fingerprint density at radius 3 is 2.95 bits per heavy atom. The number of nitrogens with one attached hydrogen (secondary N) is 1. The lowest BCUT2D eigenvalue weighted by molar-refractivity contribution is 0.0445. The van der Waals surface area contributed by atoms with Gasteiger partial charge in [0.2, 0.25) is 0 Å². The van der Waals surface area contributed by atoms with Crippen molar-refractivity contribution < 1.29 is 19.1 Å². The minimum Gasteiger partial charge on any atom is -0.445 e. The summed E-state index contributed by atoms with van der Waals surface area (Å²) in [5, 5.41) is 13.0. The number of nitrogens with zero attached hydrogens (tertiary/aromatic N) is 1. The van der Waals surface area contributed by atoms with Crippen LogP contribution in [0.25, 0.3) is 0 Å². The molecule has 0 radical (unpaired) electrons. The summed E-state index contributed by atoms with van der Waals surface area (Å²) in [6, 6.07) is 0. The summed E-state index contributed by atoms with van der Waals surface area (Å²) in [7, 11) is 0. The number of amides is 1. The maximum atomic E-state index is 12.2. The summed E-state index contributed by atoms with van der Waals surface area (Å²) in [4.78, 5) is 16.2. The van der Waals surface area contributed by atoms with Gasteiger partial charge >= 0.3 is 0 Å². The summed E-state index contributed by atoms with van der Waals surface area (Å²) in [6.07, 6.45) is 6.42. The first-order chi connectivity index (χ1) is 9.68. The highest BCUT2D eigenvalue weighted by molar-refractivity contribution is 5.93. The molecule has 1 aromatic heterocycles. The molecule has 2 aliphatic rings. The van der Waals surface area contributed by atoms with E-state index < -0.39 is 5.60 Å². The maximum absolute atomic E-state index is 12.2. The fraction of sp³-hybridized carbons (Fsp3) is 0.714. The molecule has 6 heteroatoms. The van der Waals surface area contributed by atoms with E-state index in [9.17, 15) is 9.90 Å². The molecule has 2 fully saturated rings.